The van der Waals surface area contributed by atoms with Gasteiger partial charge in [-0.2, -0.15) is 0 Å². The summed E-state index contributed by atoms with van der Waals surface area (Å²) >= 11 is 5.20. The van der Waals surface area contributed by atoms with E-state index in [1.165, 1.54) is 11.1 Å². The Morgan fingerprint density at radius 3 is 2.39 bits per heavy atom. The summed E-state index contributed by atoms with van der Waals surface area (Å²) in [5.41, 5.74) is 6.67. The molecular formula is C31H27BrN4OS. The predicted molar refractivity (Wildman–Crippen MR) is 156 cm³/mol. The van der Waals surface area contributed by atoms with Crippen molar-refractivity contribution < 1.29 is 0 Å². The van der Waals surface area contributed by atoms with E-state index in [0.29, 0.717) is 12.3 Å². The zero-order chi connectivity index (χ0) is 25.7. The van der Waals surface area contributed by atoms with Gasteiger partial charge in [-0.05, 0) is 48.1 Å². The molecule has 0 atom stereocenters. The Morgan fingerprint density at radius 1 is 0.868 bits per heavy atom. The summed E-state index contributed by atoms with van der Waals surface area (Å²) in [6, 6.07) is 27.2. The fourth-order valence-electron chi connectivity index (χ4n) is 6.37. The van der Waals surface area contributed by atoms with E-state index in [0.717, 1.165) is 69.9 Å². The predicted octanol–water partition coefficient (Wildman–Crippen LogP) is 7.03. The van der Waals surface area contributed by atoms with Gasteiger partial charge in [0, 0.05) is 26.8 Å². The molecule has 0 unspecified atom stereocenters. The molecule has 0 amide bonds. The van der Waals surface area contributed by atoms with Gasteiger partial charge >= 0.3 is 0 Å². The van der Waals surface area contributed by atoms with Gasteiger partial charge in [0.25, 0.3) is 5.56 Å². The largest absolute Gasteiger partial charge is 0.272 e. The van der Waals surface area contributed by atoms with Crippen molar-refractivity contribution >= 4 is 33.5 Å². The maximum Gasteiger partial charge on any atom is 0.259 e. The third-order valence-electron chi connectivity index (χ3n) is 8.13. The Hall–Kier alpha value is -3.16. The molecule has 2 aromatic heterocycles. The number of halogens is 1. The average Bonchev–Trinajstić information content (AvgIpc) is 3.58. The fourth-order valence-corrected chi connectivity index (χ4v) is 7.53. The lowest BCUT2D eigenvalue weighted by Gasteiger charge is -2.37. The summed E-state index contributed by atoms with van der Waals surface area (Å²) in [7, 11) is 0. The third kappa shape index (κ3) is 3.95. The van der Waals surface area contributed by atoms with Crippen molar-refractivity contribution in [2.24, 2.45) is 0 Å². The van der Waals surface area contributed by atoms with Gasteiger partial charge in [-0.25, -0.2) is 0 Å². The van der Waals surface area contributed by atoms with Crippen LogP contribution in [0.2, 0.25) is 0 Å². The van der Waals surface area contributed by atoms with Crippen LogP contribution in [0.3, 0.4) is 0 Å². The van der Waals surface area contributed by atoms with Gasteiger partial charge in [0.05, 0.1) is 12.2 Å². The van der Waals surface area contributed by atoms with Crippen LogP contribution in [-0.2, 0) is 24.1 Å². The van der Waals surface area contributed by atoms with Crippen molar-refractivity contribution in [3.05, 3.63) is 116 Å². The van der Waals surface area contributed by atoms with Gasteiger partial charge in [0.1, 0.15) is 0 Å². The lowest BCUT2D eigenvalue weighted by atomic mass is 9.68. The fraction of sp³-hybridized carbons (Fsp3) is 0.258. The zero-order valence-corrected chi connectivity index (χ0v) is 23.3. The minimum Gasteiger partial charge on any atom is -0.272 e. The normalized spacial score (nSPS) is 15.6. The maximum absolute atomic E-state index is 14.5. The number of aromatic nitrogens is 4. The van der Waals surface area contributed by atoms with Crippen LogP contribution in [0.4, 0.5) is 0 Å². The Balaban J connectivity index is 1.48. The van der Waals surface area contributed by atoms with Crippen LogP contribution in [0.15, 0.2) is 93.3 Å². The number of benzene rings is 3. The first-order valence-corrected chi connectivity index (χ1v) is 14.9. The monoisotopic (exact) mass is 582 g/mol. The second-order valence-corrected chi connectivity index (χ2v) is 12.3. The van der Waals surface area contributed by atoms with Crippen molar-refractivity contribution in [1.82, 2.24) is 19.2 Å². The molecule has 38 heavy (non-hydrogen) atoms. The first-order valence-electron chi connectivity index (χ1n) is 13.1. The molecule has 0 N–H and O–H groups in total. The van der Waals surface area contributed by atoms with Gasteiger partial charge in [-0.15, -0.1) is 10.2 Å². The molecule has 2 aliphatic carbocycles. The molecule has 1 fully saturated rings. The number of thioether (sulfide) groups is 1. The van der Waals surface area contributed by atoms with E-state index in [2.05, 4.69) is 91.2 Å². The van der Waals surface area contributed by atoms with Crippen molar-refractivity contribution in [1.29, 1.82) is 0 Å². The average molecular weight is 584 g/mol. The molecule has 1 saturated carbocycles. The number of rotatable bonds is 5. The molecule has 5 aromatic rings. The molecule has 5 nitrogen and oxygen atoms in total. The second-order valence-electron chi connectivity index (χ2n) is 10.5. The van der Waals surface area contributed by atoms with E-state index >= 15 is 0 Å². The van der Waals surface area contributed by atoms with Gasteiger partial charge in [-0.3, -0.25) is 13.8 Å². The summed E-state index contributed by atoms with van der Waals surface area (Å²) < 4.78 is 5.11. The molecule has 0 bridgehead atoms. The standard InChI is InChI=1S/C31H27BrN4OS/c32-24-14-12-22(13-15-24)20-38-30-34-33-29-35(19-21-8-2-1-3-9-21)28(37)26-27(36(29)30)25-11-5-4-10-23(25)18-31(26)16-6-7-17-31/h1-5,8-15H,6-7,16-20H2. The van der Waals surface area contributed by atoms with E-state index in [1.807, 2.05) is 22.8 Å². The molecule has 1 spiro atoms. The summed E-state index contributed by atoms with van der Waals surface area (Å²) in [5, 5.41) is 10.1. The lowest BCUT2D eigenvalue weighted by molar-refractivity contribution is 0.421. The lowest BCUT2D eigenvalue weighted by Crippen LogP contribution is -2.40. The molecule has 0 radical (unpaired) electrons. The summed E-state index contributed by atoms with van der Waals surface area (Å²) in [6.07, 6.45) is 5.33. The Labute approximate surface area is 234 Å². The third-order valence-corrected chi connectivity index (χ3v) is 9.66. The van der Waals surface area contributed by atoms with Crippen LogP contribution < -0.4 is 5.56 Å². The summed E-state index contributed by atoms with van der Waals surface area (Å²) in [6.45, 7) is 0.476. The minimum atomic E-state index is -0.134. The van der Waals surface area contributed by atoms with E-state index in [-0.39, 0.29) is 11.0 Å². The highest BCUT2D eigenvalue weighted by atomic mass is 79.9. The SMILES string of the molecule is O=c1c2c(n3c(SCc4ccc(Br)cc4)nnc3n1Cc1ccccc1)-c1ccccc1CC21CCCC1. The summed E-state index contributed by atoms with van der Waals surface area (Å²) in [4.78, 5) is 14.5. The first kappa shape index (κ1) is 23.9. The topological polar surface area (TPSA) is 52.2 Å². The van der Waals surface area contributed by atoms with Gasteiger partial charge in [0.2, 0.25) is 5.78 Å². The minimum absolute atomic E-state index is 0.0876. The molecule has 190 valence electrons. The molecule has 7 rings (SSSR count). The van der Waals surface area contributed by atoms with Crippen LogP contribution in [0.5, 0.6) is 0 Å². The Morgan fingerprint density at radius 2 is 1.61 bits per heavy atom. The molecule has 0 saturated heterocycles. The number of hydrogen-bond donors (Lipinski definition) is 0. The van der Waals surface area contributed by atoms with Crippen LogP contribution in [-0.4, -0.2) is 19.2 Å². The van der Waals surface area contributed by atoms with Gasteiger partial charge < -0.3 is 0 Å². The highest BCUT2D eigenvalue weighted by molar-refractivity contribution is 9.10. The maximum atomic E-state index is 14.5. The van der Waals surface area contributed by atoms with Crippen LogP contribution in [0.1, 0.15) is 47.9 Å². The zero-order valence-electron chi connectivity index (χ0n) is 20.9. The van der Waals surface area contributed by atoms with Crippen molar-refractivity contribution in [2.45, 2.75) is 55.0 Å². The van der Waals surface area contributed by atoms with Crippen LogP contribution >= 0.6 is 27.7 Å². The Bertz CT molecular complexity index is 1700. The van der Waals surface area contributed by atoms with Crippen molar-refractivity contribution in [2.75, 3.05) is 0 Å². The molecular weight excluding hydrogens is 556 g/mol. The molecule has 2 aliphatic rings. The van der Waals surface area contributed by atoms with E-state index < -0.39 is 0 Å². The summed E-state index contributed by atoms with van der Waals surface area (Å²) in [5.74, 6) is 1.38. The molecule has 2 heterocycles. The van der Waals surface area contributed by atoms with Crippen LogP contribution in [0.25, 0.3) is 17.0 Å². The smallest absolute Gasteiger partial charge is 0.259 e. The van der Waals surface area contributed by atoms with Crippen molar-refractivity contribution in [3.8, 4) is 11.3 Å². The molecule has 3 aromatic carbocycles. The molecule has 7 heteroatoms. The van der Waals surface area contributed by atoms with Gasteiger partial charge in [-0.1, -0.05) is 107 Å². The van der Waals surface area contributed by atoms with Crippen molar-refractivity contribution in [3.63, 3.8) is 0 Å². The number of hydrogen-bond acceptors (Lipinski definition) is 4. The highest BCUT2D eigenvalue weighted by Gasteiger charge is 2.45. The quantitative estimate of drug-likeness (QED) is 0.209. The Kier molecular flexibility index (Phi) is 6.01. The van der Waals surface area contributed by atoms with E-state index in [4.69, 9.17) is 0 Å². The molecule has 0 aliphatic heterocycles. The van der Waals surface area contributed by atoms with Crippen LogP contribution in [0, 0.1) is 0 Å². The first-order chi connectivity index (χ1) is 18.6. The van der Waals surface area contributed by atoms with E-state index in [9.17, 15) is 4.79 Å². The number of nitrogens with zero attached hydrogens (tertiary/aromatic N) is 4. The highest BCUT2D eigenvalue weighted by Crippen LogP contribution is 2.50. The van der Waals surface area contributed by atoms with E-state index in [1.54, 1.807) is 11.8 Å². The second kappa shape index (κ2) is 9.54. The number of fused-ring (bicyclic) bond motifs is 6. The van der Waals surface area contributed by atoms with Gasteiger partial charge in [0.15, 0.2) is 5.16 Å².